The van der Waals surface area contributed by atoms with Crippen LogP contribution in [0.25, 0.3) is 0 Å². The summed E-state index contributed by atoms with van der Waals surface area (Å²) in [7, 11) is 0. The highest BCUT2D eigenvalue weighted by Gasteiger charge is 2.22. The molecule has 0 saturated heterocycles. The van der Waals surface area contributed by atoms with Gasteiger partial charge in [-0.25, -0.2) is 4.79 Å². The maximum Gasteiger partial charge on any atom is 0.330 e. The third-order valence-electron chi connectivity index (χ3n) is 1.44. The van der Waals surface area contributed by atoms with Gasteiger partial charge in [0.2, 0.25) is 0 Å². The molecular weight excluding hydrogens is 220 g/mol. The Morgan fingerprint density at radius 3 is 1.94 bits per heavy atom. The molecule has 5 N–H and O–H groups in total. The maximum atomic E-state index is 9.76. The number of rotatable bonds is 5. The number of aliphatic hydroxyl groups is 4. The van der Waals surface area contributed by atoms with E-state index in [0.717, 1.165) is 0 Å². The van der Waals surface area contributed by atoms with Crippen molar-refractivity contribution in [1.29, 1.82) is 0 Å². The van der Waals surface area contributed by atoms with E-state index in [-0.39, 0.29) is 11.9 Å². The summed E-state index contributed by atoms with van der Waals surface area (Å²) in [5.74, 6) is -0.935. The van der Waals surface area contributed by atoms with Crippen molar-refractivity contribution in [1.82, 2.24) is 0 Å². The van der Waals surface area contributed by atoms with Gasteiger partial charge in [-0.3, -0.25) is 0 Å². The minimum absolute atomic E-state index is 0.0869. The Kier molecular flexibility index (Phi) is 9.61. The van der Waals surface area contributed by atoms with Gasteiger partial charge >= 0.3 is 5.97 Å². The Labute approximate surface area is 92.3 Å². The van der Waals surface area contributed by atoms with Crippen LogP contribution in [0.5, 0.6) is 0 Å². The van der Waals surface area contributed by atoms with Crippen LogP contribution in [0.1, 0.15) is 6.92 Å². The van der Waals surface area contributed by atoms with Gasteiger partial charge in [-0.1, -0.05) is 6.58 Å². The number of hydrogen-bond acceptors (Lipinski definition) is 6. The zero-order chi connectivity index (χ0) is 13.3. The minimum Gasteiger partial charge on any atom is -0.478 e. The van der Waals surface area contributed by atoms with Crippen molar-refractivity contribution in [3.05, 3.63) is 12.2 Å². The van der Waals surface area contributed by atoms with E-state index < -0.39 is 30.9 Å². The first kappa shape index (κ1) is 17.1. The minimum atomic E-state index is -1.64. The van der Waals surface area contributed by atoms with Crippen LogP contribution in [0.15, 0.2) is 12.2 Å². The lowest BCUT2D eigenvalue weighted by Crippen LogP contribution is -2.40. The van der Waals surface area contributed by atoms with E-state index in [1.54, 1.807) is 0 Å². The second-order valence-corrected chi connectivity index (χ2v) is 2.95. The molecule has 0 aliphatic rings. The van der Waals surface area contributed by atoms with Crippen LogP contribution >= 0.6 is 0 Å². The molecule has 0 aliphatic heterocycles. The Morgan fingerprint density at radius 1 is 1.38 bits per heavy atom. The highest BCUT2D eigenvalue weighted by molar-refractivity contribution is 5.84. The molecular formula is C9H16O7. The molecule has 0 aromatic rings. The average molecular weight is 236 g/mol. The second kappa shape index (κ2) is 8.98. The fourth-order valence-corrected chi connectivity index (χ4v) is 0.416. The standard InChI is InChI=1S/C5H10O5.C4H6O2/c6-1-3(8)5(10)4(9)2-7;1-3(2)4(5)6/h1,3-5,7-10H,2H2;1H2,2H3,(H,5,6). The lowest BCUT2D eigenvalue weighted by Gasteiger charge is -2.16. The Morgan fingerprint density at radius 2 is 1.75 bits per heavy atom. The number of carboxylic acid groups (broad SMARTS) is 1. The molecule has 0 saturated carbocycles. The van der Waals surface area contributed by atoms with Crippen molar-refractivity contribution < 1.29 is 35.1 Å². The van der Waals surface area contributed by atoms with Crippen LogP contribution in [-0.4, -0.2) is 62.7 Å². The third kappa shape index (κ3) is 8.06. The van der Waals surface area contributed by atoms with Crippen LogP contribution in [-0.2, 0) is 9.59 Å². The maximum absolute atomic E-state index is 9.76. The van der Waals surface area contributed by atoms with Gasteiger partial charge in [0.05, 0.1) is 6.61 Å². The summed E-state index contributed by atoms with van der Waals surface area (Å²) in [6, 6.07) is 0. The Balaban J connectivity index is 0. The van der Waals surface area contributed by atoms with Crippen molar-refractivity contribution in [3.63, 3.8) is 0 Å². The molecule has 0 aliphatic carbocycles. The Hall–Kier alpha value is -1.28. The van der Waals surface area contributed by atoms with Crippen LogP contribution in [0, 0.1) is 0 Å². The highest BCUT2D eigenvalue weighted by atomic mass is 16.4. The first-order chi connectivity index (χ1) is 7.27. The zero-order valence-electron chi connectivity index (χ0n) is 8.78. The number of aliphatic carboxylic acids is 1. The predicted molar refractivity (Wildman–Crippen MR) is 53.6 cm³/mol. The molecule has 3 atom stereocenters. The lowest BCUT2D eigenvalue weighted by atomic mass is 10.1. The summed E-state index contributed by atoms with van der Waals surface area (Å²) < 4.78 is 0. The number of carbonyl (C=O) groups is 2. The van der Waals surface area contributed by atoms with Crippen LogP contribution in [0.3, 0.4) is 0 Å². The van der Waals surface area contributed by atoms with Gasteiger partial charge < -0.3 is 30.3 Å². The molecule has 94 valence electrons. The number of aliphatic hydroxyl groups excluding tert-OH is 4. The topological polar surface area (TPSA) is 135 Å². The fraction of sp³-hybridized carbons (Fsp3) is 0.556. The molecule has 0 spiro atoms. The zero-order valence-corrected chi connectivity index (χ0v) is 8.78. The van der Waals surface area contributed by atoms with Crippen molar-refractivity contribution in [2.75, 3.05) is 6.61 Å². The third-order valence-corrected chi connectivity index (χ3v) is 1.44. The molecule has 0 radical (unpaired) electrons. The summed E-state index contributed by atoms with van der Waals surface area (Å²) in [5, 5.41) is 41.9. The summed E-state index contributed by atoms with van der Waals surface area (Å²) in [4.78, 5) is 19.4. The smallest absolute Gasteiger partial charge is 0.330 e. The van der Waals surface area contributed by atoms with E-state index in [1.165, 1.54) is 6.92 Å². The van der Waals surface area contributed by atoms with E-state index in [0.29, 0.717) is 0 Å². The molecule has 0 amide bonds. The van der Waals surface area contributed by atoms with E-state index in [1.807, 2.05) is 0 Å². The SMILES string of the molecule is C=C(C)C(=O)O.O=CC(O)C(O)C(O)CO. The molecule has 0 aromatic heterocycles. The molecule has 7 heteroatoms. The van der Waals surface area contributed by atoms with E-state index in [4.69, 9.17) is 25.5 Å². The first-order valence-electron chi connectivity index (χ1n) is 4.27. The number of aldehydes is 1. The molecule has 16 heavy (non-hydrogen) atoms. The van der Waals surface area contributed by atoms with Gasteiger partial charge in [-0.2, -0.15) is 0 Å². The number of carbonyl (C=O) groups excluding carboxylic acids is 1. The molecule has 0 fully saturated rings. The second-order valence-electron chi connectivity index (χ2n) is 2.95. The monoisotopic (exact) mass is 236 g/mol. The lowest BCUT2D eigenvalue weighted by molar-refractivity contribution is -0.132. The number of carboxylic acids is 1. The van der Waals surface area contributed by atoms with E-state index >= 15 is 0 Å². The predicted octanol–water partition coefficient (Wildman–Crippen LogP) is -2.09. The molecule has 0 rings (SSSR count). The molecule has 0 bridgehead atoms. The summed E-state index contributed by atoms with van der Waals surface area (Å²) in [6.07, 6.45) is -4.63. The van der Waals surface area contributed by atoms with Crippen LogP contribution < -0.4 is 0 Å². The van der Waals surface area contributed by atoms with Crippen molar-refractivity contribution in [2.45, 2.75) is 25.2 Å². The van der Waals surface area contributed by atoms with Gasteiger partial charge in [-0.15, -0.1) is 0 Å². The average Bonchev–Trinajstić information content (AvgIpc) is 2.26. The normalized spacial score (nSPS) is 15.1. The van der Waals surface area contributed by atoms with Gasteiger partial charge in [-0.05, 0) is 6.92 Å². The van der Waals surface area contributed by atoms with Crippen molar-refractivity contribution in [2.24, 2.45) is 0 Å². The summed E-state index contributed by atoms with van der Waals surface area (Å²) >= 11 is 0. The van der Waals surface area contributed by atoms with E-state index in [2.05, 4.69) is 6.58 Å². The Bertz CT molecular complexity index is 226. The van der Waals surface area contributed by atoms with Gasteiger partial charge in [0.25, 0.3) is 0 Å². The summed E-state index contributed by atoms with van der Waals surface area (Å²) in [5.41, 5.74) is 0.176. The van der Waals surface area contributed by atoms with Gasteiger partial charge in [0.1, 0.15) is 18.3 Å². The van der Waals surface area contributed by atoms with Gasteiger partial charge in [0, 0.05) is 5.57 Å². The van der Waals surface area contributed by atoms with Crippen LogP contribution in [0.4, 0.5) is 0 Å². The van der Waals surface area contributed by atoms with Crippen molar-refractivity contribution >= 4 is 12.3 Å². The quantitative estimate of drug-likeness (QED) is 0.273. The van der Waals surface area contributed by atoms with E-state index in [9.17, 15) is 9.59 Å². The fourth-order valence-electron chi connectivity index (χ4n) is 0.416. The first-order valence-corrected chi connectivity index (χ1v) is 4.27. The summed E-state index contributed by atoms with van der Waals surface area (Å²) in [6.45, 7) is 3.91. The largest absolute Gasteiger partial charge is 0.478 e. The highest BCUT2D eigenvalue weighted by Crippen LogP contribution is 1.96. The van der Waals surface area contributed by atoms with Gasteiger partial charge in [0.15, 0.2) is 6.29 Å². The molecule has 7 nitrogen and oxygen atoms in total. The molecule has 0 heterocycles. The molecule has 3 unspecified atom stereocenters. The van der Waals surface area contributed by atoms with Crippen LogP contribution in [0.2, 0.25) is 0 Å². The molecule has 0 aromatic carbocycles. The van der Waals surface area contributed by atoms with Crippen molar-refractivity contribution in [3.8, 4) is 0 Å². The number of hydrogen-bond donors (Lipinski definition) is 5.